The SMILES string of the molecule is CC(C)CN(C(=S)NC(=O)c1ccccc1)C1CCC1. The van der Waals surface area contributed by atoms with Crippen molar-refractivity contribution in [3.8, 4) is 0 Å². The summed E-state index contributed by atoms with van der Waals surface area (Å²) >= 11 is 5.44. The van der Waals surface area contributed by atoms with E-state index in [2.05, 4.69) is 24.1 Å². The summed E-state index contributed by atoms with van der Waals surface area (Å²) in [5, 5.41) is 3.44. The van der Waals surface area contributed by atoms with Crippen LogP contribution in [0.15, 0.2) is 30.3 Å². The Morgan fingerprint density at radius 2 is 2.00 bits per heavy atom. The molecule has 2 rings (SSSR count). The van der Waals surface area contributed by atoms with Crippen LogP contribution < -0.4 is 5.32 Å². The van der Waals surface area contributed by atoms with Crippen molar-refractivity contribution in [2.75, 3.05) is 6.54 Å². The third-order valence-corrected chi connectivity index (χ3v) is 3.93. The topological polar surface area (TPSA) is 32.3 Å². The van der Waals surface area contributed by atoms with Crippen molar-refractivity contribution in [2.24, 2.45) is 5.92 Å². The second-order valence-electron chi connectivity index (χ2n) is 5.76. The Bertz CT molecular complexity index is 469. The van der Waals surface area contributed by atoms with Crippen LogP contribution in [0.5, 0.6) is 0 Å². The first kappa shape index (κ1) is 15.0. The first-order valence-electron chi connectivity index (χ1n) is 7.25. The van der Waals surface area contributed by atoms with E-state index in [1.807, 2.05) is 18.2 Å². The highest BCUT2D eigenvalue weighted by Gasteiger charge is 2.28. The molecule has 1 aliphatic rings. The minimum absolute atomic E-state index is 0.122. The average molecular weight is 290 g/mol. The highest BCUT2D eigenvalue weighted by molar-refractivity contribution is 7.80. The highest BCUT2D eigenvalue weighted by atomic mass is 32.1. The second-order valence-corrected chi connectivity index (χ2v) is 6.14. The lowest BCUT2D eigenvalue weighted by atomic mass is 9.91. The number of benzene rings is 1. The largest absolute Gasteiger partial charge is 0.346 e. The van der Waals surface area contributed by atoms with Gasteiger partial charge in [0.2, 0.25) is 0 Å². The predicted octanol–water partition coefficient (Wildman–Crippen LogP) is 3.21. The van der Waals surface area contributed by atoms with E-state index < -0.39 is 0 Å². The number of carbonyl (C=O) groups is 1. The normalized spacial score (nSPS) is 14.8. The number of nitrogens with one attached hydrogen (secondary N) is 1. The molecule has 1 fully saturated rings. The molecule has 3 nitrogen and oxygen atoms in total. The molecule has 0 atom stereocenters. The van der Waals surface area contributed by atoms with Gasteiger partial charge in [-0.05, 0) is 49.5 Å². The van der Waals surface area contributed by atoms with E-state index in [-0.39, 0.29) is 5.91 Å². The first-order valence-corrected chi connectivity index (χ1v) is 7.65. The first-order chi connectivity index (χ1) is 9.58. The number of carbonyl (C=O) groups excluding carboxylic acids is 1. The van der Waals surface area contributed by atoms with Crippen LogP contribution in [0.25, 0.3) is 0 Å². The fourth-order valence-corrected chi connectivity index (χ4v) is 2.64. The molecule has 0 heterocycles. The van der Waals surface area contributed by atoms with E-state index in [9.17, 15) is 4.79 Å². The minimum Gasteiger partial charge on any atom is -0.346 e. The van der Waals surface area contributed by atoms with E-state index in [0.717, 1.165) is 6.54 Å². The molecule has 1 amide bonds. The molecule has 0 aromatic heterocycles. The number of thiocarbonyl (C=S) groups is 1. The zero-order valence-corrected chi connectivity index (χ0v) is 13.0. The Labute approximate surface area is 126 Å². The van der Waals surface area contributed by atoms with E-state index in [0.29, 0.717) is 22.6 Å². The fraction of sp³-hybridized carbons (Fsp3) is 0.500. The van der Waals surface area contributed by atoms with Gasteiger partial charge < -0.3 is 4.90 Å². The maximum Gasteiger partial charge on any atom is 0.257 e. The van der Waals surface area contributed by atoms with Gasteiger partial charge >= 0.3 is 0 Å². The summed E-state index contributed by atoms with van der Waals surface area (Å²) in [5.41, 5.74) is 0.646. The molecule has 1 saturated carbocycles. The highest BCUT2D eigenvalue weighted by Crippen LogP contribution is 2.25. The van der Waals surface area contributed by atoms with Crippen LogP contribution in [-0.4, -0.2) is 28.5 Å². The summed E-state index contributed by atoms with van der Waals surface area (Å²) in [6.45, 7) is 5.25. The summed E-state index contributed by atoms with van der Waals surface area (Å²) in [5.74, 6) is 0.408. The maximum atomic E-state index is 12.1. The minimum atomic E-state index is -0.122. The van der Waals surface area contributed by atoms with Gasteiger partial charge in [-0.3, -0.25) is 10.1 Å². The van der Waals surface area contributed by atoms with Crippen molar-refractivity contribution in [3.63, 3.8) is 0 Å². The Balaban J connectivity index is 1.99. The molecule has 108 valence electrons. The van der Waals surface area contributed by atoms with Crippen LogP contribution in [0.2, 0.25) is 0 Å². The standard InChI is InChI=1S/C16H22N2OS/c1-12(2)11-18(14-9-6-10-14)16(20)17-15(19)13-7-4-3-5-8-13/h3-5,7-8,12,14H,6,9-11H2,1-2H3,(H,17,19,20). The summed E-state index contributed by atoms with van der Waals surface area (Å²) in [6.07, 6.45) is 3.61. The van der Waals surface area contributed by atoms with Crippen molar-refractivity contribution in [1.29, 1.82) is 0 Å². The van der Waals surface area contributed by atoms with Crippen LogP contribution in [-0.2, 0) is 0 Å². The fourth-order valence-electron chi connectivity index (χ4n) is 2.32. The second kappa shape index (κ2) is 6.84. The van der Waals surface area contributed by atoms with Crippen molar-refractivity contribution in [2.45, 2.75) is 39.2 Å². The van der Waals surface area contributed by atoms with Gasteiger partial charge in [0, 0.05) is 18.2 Å². The molecule has 0 radical (unpaired) electrons. The Morgan fingerprint density at radius 1 is 1.35 bits per heavy atom. The number of hydrogen-bond donors (Lipinski definition) is 1. The van der Waals surface area contributed by atoms with Gasteiger partial charge in [0.25, 0.3) is 5.91 Å². The summed E-state index contributed by atoms with van der Waals surface area (Å²) in [4.78, 5) is 14.3. The van der Waals surface area contributed by atoms with Gasteiger partial charge in [-0.25, -0.2) is 0 Å². The van der Waals surface area contributed by atoms with E-state index in [1.54, 1.807) is 12.1 Å². The van der Waals surface area contributed by atoms with Gasteiger partial charge in [-0.15, -0.1) is 0 Å². The van der Waals surface area contributed by atoms with Gasteiger partial charge in [-0.2, -0.15) is 0 Å². The quantitative estimate of drug-likeness (QED) is 0.864. The average Bonchev–Trinajstić information content (AvgIpc) is 2.36. The molecule has 1 N–H and O–H groups in total. The summed E-state index contributed by atoms with van der Waals surface area (Å²) in [7, 11) is 0. The smallest absolute Gasteiger partial charge is 0.257 e. The van der Waals surface area contributed by atoms with Crippen LogP contribution >= 0.6 is 12.2 Å². The summed E-state index contributed by atoms with van der Waals surface area (Å²) in [6, 6.07) is 9.71. The Hall–Kier alpha value is -1.42. The molecule has 0 saturated heterocycles. The summed E-state index contributed by atoms with van der Waals surface area (Å²) < 4.78 is 0. The van der Waals surface area contributed by atoms with Crippen LogP contribution in [0, 0.1) is 5.92 Å². The Morgan fingerprint density at radius 3 is 2.50 bits per heavy atom. The van der Waals surface area contributed by atoms with E-state index >= 15 is 0 Å². The van der Waals surface area contributed by atoms with Gasteiger partial charge in [0.1, 0.15) is 0 Å². The van der Waals surface area contributed by atoms with Gasteiger partial charge in [0.15, 0.2) is 5.11 Å². The zero-order chi connectivity index (χ0) is 14.5. The monoisotopic (exact) mass is 290 g/mol. The third kappa shape index (κ3) is 3.79. The van der Waals surface area contributed by atoms with Crippen LogP contribution in [0.1, 0.15) is 43.5 Å². The molecule has 20 heavy (non-hydrogen) atoms. The molecule has 0 unspecified atom stereocenters. The van der Waals surface area contributed by atoms with Crippen molar-refractivity contribution in [3.05, 3.63) is 35.9 Å². The lowest BCUT2D eigenvalue weighted by Gasteiger charge is -2.40. The lowest BCUT2D eigenvalue weighted by Crippen LogP contribution is -2.51. The number of rotatable bonds is 4. The predicted molar refractivity (Wildman–Crippen MR) is 85.7 cm³/mol. The van der Waals surface area contributed by atoms with Gasteiger partial charge in [0.05, 0.1) is 0 Å². The van der Waals surface area contributed by atoms with E-state index in [4.69, 9.17) is 12.2 Å². The number of amides is 1. The Kier molecular flexibility index (Phi) is 5.12. The molecule has 4 heteroatoms. The third-order valence-electron chi connectivity index (χ3n) is 3.59. The van der Waals surface area contributed by atoms with Crippen molar-refractivity contribution < 1.29 is 4.79 Å². The van der Waals surface area contributed by atoms with Crippen molar-refractivity contribution in [1.82, 2.24) is 10.2 Å². The van der Waals surface area contributed by atoms with Crippen molar-refractivity contribution >= 4 is 23.2 Å². The number of nitrogens with zero attached hydrogens (tertiary/aromatic N) is 1. The van der Waals surface area contributed by atoms with Crippen LogP contribution in [0.4, 0.5) is 0 Å². The molecule has 1 aromatic rings. The lowest BCUT2D eigenvalue weighted by molar-refractivity contribution is 0.0966. The molecular formula is C16H22N2OS. The molecular weight excluding hydrogens is 268 g/mol. The molecule has 1 aliphatic carbocycles. The molecule has 1 aromatic carbocycles. The maximum absolute atomic E-state index is 12.1. The van der Waals surface area contributed by atoms with Crippen LogP contribution in [0.3, 0.4) is 0 Å². The van der Waals surface area contributed by atoms with Gasteiger partial charge in [-0.1, -0.05) is 32.0 Å². The molecule has 0 bridgehead atoms. The number of hydrogen-bond acceptors (Lipinski definition) is 2. The van der Waals surface area contributed by atoms with E-state index in [1.165, 1.54) is 19.3 Å². The zero-order valence-electron chi connectivity index (χ0n) is 12.1. The molecule has 0 aliphatic heterocycles. The molecule has 0 spiro atoms.